The summed E-state index contributed by atoms with van der Waals surface area (Å²) in [7, 11) is 0. The molecule has 0 bridgehead atoms. The van der Waals surface area contributed by atoms with Gasteiger partial charge in [0.15, 0.2) is 5.82 Å². The number of nitrogens with one attached hydrogen (secondary N) is 1. The van der Waals surface area contributed by atoms with Crippen LogP contribution in [-0.2, 0) is 5.54 Å². The number of ether oxygens (including phenoxy) is 1. The smallest absolute Gasteiger partial charge is 0.406 e. The van der Waals surface area contributed by atoms with Crippen LogP contribution >= 0.6 is 0 Å². The van der Waals surface area contributed by atoms with Crippen molar-refractivity contribution in [2.75, 3.05) is 0 Å². The summed E-state index contributed by atoms with van der Waals surface area (Å²) < 4.78 is 41.2. The van der Waals surface area contributed by atoms with E-state index in [1.165, 1.54) is 16.7 Å². The van der Waals surface area contributed by atoms with Crippen molar-refractivity contribution in [3.05, 3.63) is 40.6 Å². The number of hydrogen-bond acceptors (Lipinski definition) is 4. The number of aromatic amines is 1. The van der Waals surface area contributed by atoms with Crippen LogP contribution in [0.5, 0.6) is 5.75 Å². The van der Waals surface area contributed by atoms with E-state index in [0.717, 1.165) is 12.1 Å². The van der Waals surface area contributed by atoms with Crippen molar-refractivity contribution in [3.8, 4) is 11.4 Å². The van der Waals surface area contributed by atoms with Gasteiger partial charge in [0.2, 0.25) is 0 Å². The van der Waals surface area contributed by atoms with Crippen LogP contribution in [0.1, 0.15) is 19.7 Å². The lowest BCUT2D eigenvalue weighted by Gasteiger charge is -2.18. The fraction of sp³-hybridized carbons (Fsp3) is 0.333. The Morgan fingerprint density at radius 3 is 2.29 bits per heavy atom. The van der Waals surface area contributed by atoms with Crippen LogP contribution in [0.4, 0.5) is 13.2 Å². The maximum atomic E-state index is 12.1. The molecule has 2 aromatic rings. The van der Waals surface area contributed by atoms with Gasteiger partial charge in [0.05, 0.1) is 11.2 Å². The zero-order valence-corrected chi connectivity index (χ0v) is 11.2. The third-order valence-electron chi connectivity index (χ3n) is 2.58. The van der Waals surface area contributed by atoms with Crippen molar-refractivity contribution in [2.45, 2.75) is 25.7 Å². The van der Waals surface area contributed by atoms with Gasteiger partial charge in [-0.25, -0.2) is 14.5 Å². The maximum absolute atomic E-state index is 12.1. The van der Waals surface area contributed by atoms with Crippen LogP contribution in [0, 0.1) is 0 Å². The SMILES string of the molecule is CC(C)(N)c1n[nH]c(=O)n1-c1ccc(OC(F)(F)F)cc1. The van der Waals surface area contributed by atoms with E-state index in [-0.39, 0.29) is 11.6 Å². The van der Waals surface area contributed by atoms with Crippen molar-refractivity contribution in [3.63, 3.8) is 0 Å². The third kappa shape index (κ3) is 3.43. The molecule has 0 aliphatic heterocycles. The molecule has 0 aliphatic carbocycles. The number of hydrogen-bond donors (Lipinski definition) is 2. The molecule has 3 N–H and O–H groups in total. The highest BCUT2D eigenvalue weighted by Crippen LogP contribution is 2.24. The van der Waals surface area contributed by atoms with Gasteiger partial charge >= 0.3 is 12.1 Å². The van der Waals surface area contributed by atoms with E-state index in [2.05, 4.69) is 14.9 Å². The maximum Gasteiger partial charge on any atom is 0.573 e. The summed E-state index contributed by atoms with van der Waals surface area (Å²) in [6.45, 7) is 3.31. The molecule has 1 aromatic carbocycles. The highest BCUT2D eigenvalue weighted by Gasteiger charge is 2.31. The molecule has 6 nitrogen and oxygen atoms in total. The van der Waals surface area contributed by atoms with E-state index in [1.807, 2.05) is 0 Å². The van der Waals surface area contributed by atoms with Gasteiger partial charge in [-0.15, -0.1) is 13.2 Å². The lowest BCUT2D eigenvalue weighted by atomic mass is 10.1. The van der Waals surface area contributed by atoms with E-state index < -0.39 is 17.6 Å². The van der Waals surface area contributed by atoms with E-state index in [1.54, 1.807) is 13.8 Å². The fourth-order valence-electron chi connectivity index (χ4n) is 1.77. The van der Waals surface area contributed by atoms with Crippen LogP contribution in [0.2, 0.25) is 0 Å². The summed E-state index contributed by atoms with van der Waals surface area (Å²) in [5.41, 5.74) is 4.80. The first-order valence-corrected chi connectivity index (χ1v) is 5.91. The number of halogens is 3. The Hall–Kier alpha value is -2.29. The second-order valence-corrected chi connectivity index (χ2v) is 4.95. The first-order valence-electron chi connectivity index (χ1n) is 5.91. The number of nitrogens with zero attached hydrogens (tertiary/aromatic N) is 2. The van der Waals surface area contributed by atoms with Crippen molar-refractivity contribution in [1.82, 2.24) is 14.8 Å². The Morgan fingerprint density at radius 1 is 1.24 bits per heavy atom. The summed E-state index contributed by atoms with van der Waals surface area (Å²) in [4.78, 5) is 11.8. The molecule has 21 heavy (non-hydrogen) atoms. The van der Waals surface area contributed by atoms with Gasteiger partial charge in [-0.1, -0.05) is 0 Å². The molecule has 2 rings (SSSR count). The number of rotatable bonds is 3. The fourth-order valence-corrected chi connectivity index (χ4v) is 1.77. The molecule has 0 radical (unpaired) electrons. The monoisotopic (exact) mass is 302 g/mol. The third-order valence-corrected chi connectivity index (χ3v) is 2.58. The number of alkyl halides is 3. The molecule has 0 atom stereocenters. The van der Waals surface area contributed by atoms with Gasteiger partial charge < -0.3 is 10.5 Å². The predicted octanol–water partition coefficient (Wildman–Crippen LogP) is 1.65. The molecule has 0 fully saturated rings. The van der Waals surface area contributed by atoms with Crippen LogP contribution in [-0.4, -0.2) is 21.1 Å². The van der Waals surface area contributed by atoms with Crippen LogP contribution in [0.3, 0.4) is 0 Å². The second-order valence-electron chi connectivity index (χ2n) is 4.95. The topological polar surface area (TPSA) is 85.9 Å². The Morgan fingerprint density at radius 2 is 1.81 bits per heavy atom. The van der Waals surface area contributed by atoms with Crippen molar-refractivity contribution in [1.29, 1.82) is 0 Å². The van der Waals surface area contributed by atoms with E-state index in [9.17, 15) is 18.0 Å². The van der Waals surface area contributed by atoms with E-state index in [4.69, 9.17) is 5.73 Å². The molecular weight excluding hydrogens is 289 g/mol. The average molecular weight is 302 g/mol. The Kier molecular flexibility index (Phi) is 3.54. The predicted molar refractivity (Wildman–Crippen MR) is 68.1 cm³/mol. The molecule has 0 saturated heterocycles. The summed E-state index contributed by atoms with van der Waals surface area (Å²) >= 11 is 0. The first-order chi connectivity index (χ1) is 9.58. The highest BCUT2D eigenvalue weighted by atomic mass is 19.4. The Labute approximate surface area is 117 Å². The van der Waals surface area contributed by atoms with Gasteiger partial charge in [0.25, 0.3) is 0 Å². The van der Waals surface area contributed by atoms with Gasteiger partial charge in [0.1, 0.15) is 5.75 Å². The minimum Gasteiger partial charge on any atom is -0.406 e. The molecule has 1 heterocycles. The average Bonchev–Trinajstić information content (AvgIpc) is 2.70. The van der Waals surface area contributed by atoms with Crippen LogP contribution in [0.25, 0.3) is 5.69 Å². The number of nitrogens with two attached hydrogens (primary N) is 1. The molecule has 0 amide bonds. The summed E-state index contributed by atoms with van der Waals surface area (Å²) in [6, 6.07) is 4.84. The highest BCUT2D eigenvalue weighted by molar-refractivity contribution is 5.38. The van der Waals surface area contributed by atoms with Gasteiger partial charge in [-0.05, 0) is 38.1 Å². The molecule has 0 aliphatic rings. The second kappa shape index (κ2) is 4.92. The molecule has 0 spiro atoms. The zero-order chi connectivity index (χ0) is 15.8. The molecule has 0 unspecified atom stereocenters. The number of H-pyrrole nitrogens is 1. The van der Waals surface area contributed by atoms with Crippen LogP contribution < -0.4 is 16.2 Å². The van der Waals surface area contributed by atoms with Crippen molar-refractivity contribution in [2.24, 2.45) is 5.73 Å². The van der Waals surface area contributed by atoms with Gasteiger partial charge in [-0.2, -0.15) is 5.10 Å². The summed E-state index contributed by atoms with van der Waals surface area (Å²) in [5, 5.41) is 6.10. The standard InChI is InChI=1S/C12H13F3N4O2/c1-11(2,16)9-17-18-10(20)19(9)7-3-5-8(6-4-7)21-12(13,14)15/h3-6H,16H2,1-2H3,(H,18,20). The van der Waals surface area contributed by atoms with E-state index in [0.29, 0.717) is 5.69 Å². The van der Waals surface area contributed by atoms with Crippen molar-refractivity contribution < 1.29 is 17.9 Å². The first kappa shape index (κ1) is 15.1. The Balaban J connectivity index is 2.40. The van der Waals surface area contributed by atoms with Crippen LogP contribution in [0.15, 0.2) is 29.1 Å². The minimum atomic E-state index is -4.77. The number of aromatic nitrogens is 3. The summed E-state index contributed by atoms with van der Waals surface area (Å²) in [6.07, 6.45) is -4.77. The molecule has 1 aromatic heterocycles. The quantitative estimate of drug-likeness (QED) is 0.902. The van der Waals surface area contributed by atoms with Gasteiger partial charge in [0, 0.05) is 0 Å². The molecular formula is C12H13F3N4O2. The molecule has 9 heteroatoms. The Bertz CT molecular complexity index is 680. The minimum absolute atomic E-state index is 0.261. The zero-order valence-electron chi connectivity index (χ0n) is 11.2. The van der Waals surface area contributed by atoms with Crippen molar-refractivity contribution >= 4 is 0 Å². The van der Waals surface area contributed by atoms with Gasteiger partial charge in [-0.3, -0.25) is 0 Å². The lowest BCUT2D eigenvalue weighted by Crippen LogP contribution is -2.34. The molecule has 114 valence electrons. The number of benzene rings is 1. The molecule has 0 saturated carbocycles. The normalized spacial score (nSPS) is 12.5. The van der Waals surface area contributed by atoms with E-state index >= 15 is 0 Å². The lowest BCUT2D eigenvalue weighted by molar-refractivity contribution is -0.274. The summed E-state index contributed by atoms with van der Waals surface area (Å²) in [5.74, 6) is -0.117. The largest absolute Gasteiger partial charge is 0.573 e.